The Balaban J connectivity index is 2.05. The molecule has 0 radical (unpaired) electrons. The van der Waals surface area contributed by atoms with Crippen molar-refractivity contribution >= 4 is 22.5 Å². The van der Waals surface area contributed by atoms with Gasteiger partial charge in [-0.25, -0.2) is 0 Å². The molecule has 0 saturated carbocycles. The Kier molecular flexibility index (Phi) is 5.29. The summed E-state index contributed by atoms with van der Waals surface area (Å²) < 4.78 is 5.40. The van der Waals surface area contributed by atoms with E-state index in [0.29, 0.717) is 12.4 Å². The lowest BCUT2D eigenvalue weighted by molar-refractivity contribution is 0.0152. The van der Waals surface area contributed by atoms with Gasteiger partial charge in [0.2, 0.25) is 0 Å². The molecule has 0 bridgehead atoms. The first kappa shape index (κ1) is 15.2. The summed E-state index contributed by atoms with van der Waals surface area (Å²) in [5, 5.41) is 21.6. The number of aromatic hydroxyl groups is 1. The van der Waals surface area contributed by atoms with E-state index in [1.165, 1.54) is 0 Å². The highest BCUT2D eigenvalue weighted by Gasteiger charge is 2.09. The van der Waals surface area contributed by atoms with Gasteiger partial charge in [-0.1, -0.05) is 24.3 Å². The van der Waals surface area contributed by atoms with Crippen LogP contribution in [0.2, 0.25) is 0 Å². The lowest BCUT2D eigenvalue weighted by Gasteiger charge is -2.14. The lowest BCUT2D eigenvalue weighted by atomic mass is 10.1. The first-order valence-electron chi connectivity index (χ1n) is 6.71. The number of hydrogen-bond donors (Lipinski definition) is 2. The van der Waals surface area contributed by atoms with Crippen molar-refractivity contribution < 1.29 is 14.9 Å². The van der Waals surface area contributed by atoms with E-state index < -0.39 is 6.10 Å². The maximum atomic E-state index is 9.89. The molecular weight excluding hydrogens is 272 g/mol. The Morgan fingerprint density at radius 1 is 1.10 bits per heavy atom. The Bertz CT molecular complexity index is 569. The minimum atomic E-state index is -0.491. The second kappa shape index (κ2) is 6.97. The maximum absolute atomic E-state index is 9.89. The lowest BCUT2D eigenvalue weighted by Crippen LogP contribution is -2.20. The predicted octanol–water partition coefficient (Wildman–Crippen LogP) is 3.42. The van der Waals surface area contributed by atoms with E-state index in [1.807, 2.05) is 44.2 Å². The van der Waals surface area contributed by atoms with E-state index in [4.69, 9.17) is 4.74 Å². The molecule has 4 heteroatoms. The summed E-state index contributed by atoms with van der Waals surface area (Å²) in [5.41, 5.74) is 0. The van der Waals surface area contributed by atoms with Gasteiger partial charge in [-0.15, -0.1) is 11.8 Å². The van der Waals surface area contributed by atoms with Crippen molar-refractivity contribution in [2.75, 3.05) is 12.4 Å². The molecule has 1 unspecified atom stereocenters. The monoisotopic (exact) mass is 292 g/mol. The molecule has 3 nitrogen and oxygen atoms in total. The Morgan fingerprint density at radius 2 is 1.80 bits per heavy atom. The molecular formula is C16H20O3S. The normalized spacial score (nSPS) is 13.0. The number of fused-ring (bicyclic) bond motifs is 1. The molecule has 20 heavy (non-hydrogen) atoms. The average molecular weight is 292 g/mol. The number of hydrogen-bond acceptors (Lipinski definition) is 4. The van der Waals surface area contributed by atoms with Gasteiger partial charge in [-0.05, 0) is 31.4 Å². The van der Waals surface area contributed by atoms with Gasteiger partial charge in [0, 0.05) is 16.0 Å². The van der Waals surface area contributed by atoms with Crippen LogP contribution in [0.3, 0.4) is 0 Å². The Hall–Kier alpha value is -1.23. The van der Waals surface area contributed by atoms with E-state index in [2.05, 4.69) is 0 Å². The van der Waals surface area contributed by atoms with Gasteiger partial charge in [0.1, 0.15) is 5.75 Å². The number of benzene rings is 2. The van der Waals surface area contributed by atoms with Gasteiger partial charge >= 0.3 is 0 Å². The highest BCUT2D eigenvalue weighted by molar-refractivity contribution is 7.99. The first-order valence-corrected chi connectivity index (χ1v) is 7.69. The molecule has 0 saturated heterocycles. The van der Waals surface area contributed by atoms with Crippen LogP contribution < -0.4 is 0 Å². The molecule has 0 aliphatic rings. The van der Waals surface area contributed by atoms with Crippen molar-refractivity contribution in [2.45, 2.75) is 31.0 Å². The minimum Gasteiger partial charge on any atom is -0.507 e. The van der Waals surface area contributed by atoms with Crippen molar-refractivity contribution in [1.29, 1.82) is 0 Å². The van der Waals surface area contributed by atoms with E-state index >= 15 is 0 Å². The minimum absolute atomic E-state index is 0.129. The van der Waals surface area contributed by atoms with Crippen LogP contribution in [0.25, 0.3) is 10.8 Å². The zero-order chi connectivity index (χ0) is 14.5. The maximum Gasteiger partial charge on any atom is 0.123 e. The molecule has 0 fully saturated rings. The molecule has 2 aromatic rings. The van der Waals surface area contributed by atoms with Gasteiger partial charge < -0.3 is 14.9 Å². The van der Waals surface area contributed by atoms with Gasteiger partial charge in [0.25, 0.3) is 0 Å². The van der Waals surface area contributed by atoms with Gasteiger partial charge in [-0.3, -0.25) is 0 Å². The standard InChI is InChI=1S/C16H20O3S/c1-11(2)19-9-12(17)10-20-16-8-7-15(18)13-5-3-4-6-14(13)16/h3-8,11-12,17-18H,9-10H2,1-2H3. The van der Waals surface area contributed by atoms with Crippen LogP contribution >= 0.6 is 11.8 Å². The van der Waals surface area contributed by atoms with Crippen LogP contribution in [0.5, 0.6) is 5.75 Å². The van der Waals surface area contributed by atoms with Crippen LogP contribution in [0.4, 0.5) is 0 Å². The quantitative estimate of drug-likeness (QED) is 0.801. The SMILES string of the molecule is CC(C)OCC(O)CSc1ccc(O)c2ccccc12. The van der Waals surface area contributed by atoms with E-state index in [-0.39, 0.29) is 11.9 Å². The van der Waals surface area contributed by atoms with Crippen molar-refractivity contribution in [3.8, 4) is 5.75 Å². The van der Waals surface area contributed by atoms with Crippen LogP contribution in [0.1, 0.15) is 13.8 Å². The summed E-state index contributed by atoms with van der Waals surface area (Å²) in [4.78, 5) is 1.06. The van der Waals surface area contributed by atoms with Crippen LogP contribution in [0.15, 0.2) is 41.3 Å². The summed E-state index contributed by atoms with van der Waals surface area (Å²) >= 11 is 1.58. The summed E-state index contributed by atoms with van der Waals surface area (Å²) in [5.74, 6) is 0.857. The largest absolute Gasteiger partial charge is 0.507 e. The molecule has 0 heterocycles. The predicted molar refractivity (Wildman–Crippen MR) is 83.4 cm³/mol. The molecule has 0 aromatic heterocycles. The molecule has 2 aromatic carbocycles. The average Bonchev–Trinajstić information content (AvgIpc) is 2.45. The highest BCUT2D eigenvalue weighted by Crippen LogP contribution is 2.33. The first-order chi connectivity index (χ1) is 9.58. The van der Waals surface area contributed by atoms with Crippen LogP contribution in [-0.2, 0) is 4.74 Å². The Morgan fingerprint density at radius 3 is 2.50 bits per heavy atom. The molecule has 2 rings (SSSR count). The summed E-state index contributed by atoms with van der Waals surface area (Å²) in [7, 11) is 0. The number of rotatable bonds is 6. The summed E-state index contributed by atoms with van der Waals surface area (Å²) in [6, 6.07) is 11.3. The van der Waals surface area contributed by atoms with Gasteiger partial charge in [0.05, 0.1) is 18.8 Å². The smallest absolute Gasteiger partial charge is 0.123 e. The van der Waals surface area contributed by atoms with Gasteiger partial charge in [-0.2, -0.15) is 0 Å². The molecule has 108 valence electrons. The second-order valence-electron chi connectivity index (χ2n) is 4.98. The molecule has 0 amide bonds. The van der Waals surface area contributed by atoms with E-state index in [9.17, 15) is 10.2 Å². The van der Waals surface area contributed by atoms with Crippen LogP contribution in [-0.4, -0.2) is 34.8 Å². The van der Waals surface area contributed by atoms with E-state index in [1.54, 1.807) is 17.8 Å². The van der Waals surface area contributed by atoms with E-state index in [0.717, 1.165) is 15.7 Å². The topological polar surface area (TPSA) is 49.7 Å². The fourth-order valence-corrected chi connectivity index (χ4v) is 2.88. The number of ether oxygens (including phenoxy) is 1. The third-order valence-corrected chi connectivity index (χ3v) is 4.13. The fourth-order valence-electron chi connectivity index (χ4n) is 1.92. The second-order valence-corrected chi connectivity index (χ2v) is 6.04. The molecule has 0 aliphatic carbocycles. The fraction of sp³-hybridized carbons (Fsp3) is 0.375. The third-order valence-electron chi connectivity index (χ3n) is 2.91. The van der Waals surface area contributed by atoms with Crippen molar-refractivity contribution in [3.63, 3.8) is 0 Å². The number of phenols is 1. The number of phenolic OH excluding ortho intramolecular Hbond substituents is 1. The summed E-state index contributed by atoms with van der Waals surface area (Å²) in [6.07, 6.45) is -0.362. The van der Waals surface area contributed by atoms with Gasteiger partial charge in [0.15, 0.2) is 0 Å². The molecule has 1 atom stereocenters. The van der Waals surface area contributed by atoms with Crippen molar-refractivity contribution in [1.82, 2.24) is 0 Å². The third kappa shape index (κ3) is 3.88. The molecule has 0 aliphatic heterocycles. The van der Waals surface area contributed by atoms with Crippen molar-refractivity contribution in [2.24, 2.45) is 0 Å². The highest BCUT2D eigenvalue weighted by atomic mass is 32.2. The summed E-state index contributed by atoms with van der Waals surface area (Å²) in [6.45, 7) is 4.25. The Labute approximate surface area is 123 Å². The number of aliphatic hydroxyl groups excluding tert-OH is 1. The molecule has 0 spiro atoms. The number of aliphatic hydroxyl groups is 1. The number of thioether (sulfide) groups is 1. The zero-order valence-electron chi connectivity index (χ0n) is 11.7. The zero-order valence-corrected chi connectivity index (χ0v) is 12.6. The van der Waals surface area contributed by atoms with Crippen molar-refractivity contribution in [3.05, 3.63) is 36.4 Å². The molecule has 2 N–H and O–H groups in total. The van der Waals surface area contributed by atoms with Crippen LogP contribution in [0, 0.1) is 0 Å².